The molecule has 1 saturated heterocycles. The van der Waals surface area contributed by atoms with Crippen LogP contribution >= 0.6 is 0 Å². The summed E-state index contributed by atoms with van der Waals surface area (Å²) in [5, 5.41) is 18.2. The molecule has 5 heteroatoms. The molecule has 0 aromatic heterocycles. The number of hydrogen-bond acceptors (Lipinski definition) is 3. The topological polar surface area (TPSA) is 60.8 Å². The standard InChI is InChI=1S/C14H27NO3S/c1-11-10-15(19(18)14(2,3)4)13(7-9-17)12(11)6-5-8-16/h6,11,13,16-17H,5,7-10H2,1-4H3/b12-6-/t11-,13+,19?/m0/s1. The van der Waals surface area contributed by atoms with E-state index >= 15 is 0 Å². The van der Waals surface area contributed by atoms with Gasteiger partial charge in [-0.15, -0.1) is 0 Å². The first-order valence-corrected chi connectivity index (χ1v) is 8.04. The molecule has 0 aromatic rings. The lowest BCUT2D eigenvalue weighted by Gasteiger charge is -2.30. The van der Waals surface area contributed by atoms with E-state index in [0.29, 0.717) is 18.8 Å². The molecular weight excluding hydrogens is 262 g/mol. The van der Waals surface area contributed by atoms with Crippen molar-refractivity contribution < 1.29 is 14.4 Å². The number of rotatable bonds is 5. The maximum absolute atomic E-state index is 12.6. The first kappa shape index (κ1) is 16.8. The molecule has 0 amide bonds. The van der Waals surface area contributed by atoms with Crippen LogP contribution in [0.5, 0.6) is 0 Å². The predicted molar refractivity (Wildman–Crippen MR) is 79.0 cm³/mol. The zero-order valence-electron chi connectivity index (χ0n) is 12.4. The van der Waals surface area contributed by atoms with Crippen LogP contribution in [0.25, 0.3) is 0 Å². The van der Waals surface area contributed by atoms with Crippen LogP contribution in [-0.4, -0.2) is 49.3 Å². The Morgan fingerprint density at radius 3 is 2.47 bits per heavy atom. The zero-order chi connectivity index (χ0) is 14.6. The van der Waals surface area contributed by atoms with Crippen molar-refractivity contribution in [3.05, 3.63) is 11.6 Å². The molecule has 1 aliphatic heterocycles. The summed E-state index contributed by atoms with van der Waals surface area (Å²) in [4.78, 5) is 0. The van der Waals surface area contributed by atoms with E-state index in [2.05, 4.69) is 6.92 Å². The Labute approximate surface area is 119 Å². The third-order valence-corrected chi connectivity index (χ3v) is 5.28. The van der Waals surface area contributed by atoms with Gasteiger partial charge in [0.1, 0.15) is 11.0 Å². The minimum Gasteiger partial charge on any atom is -0.396 e. The summed E-state index contributed by atoms with van der Waals surface area (Å²) in [5.41, 5.74) is 1.21. The average molecular weight is 289 g/mol. The van der Waals surface area contributed by atoms with E-state index in [0.717, 1.165) is 6.54 Å². The molecule has 1 aliphatic rings. The SMILES string of the molecule is C[C@H]1CN(S(=O)C(C)(C)C)[C@H](CCO)/C1=C\CCO. The zero-order valence-corrected chi connectivity index (χ0v) is 13.2. The fraction of sp³-hybridized carbons (Fsp3) is 0.857. The molecule has 0 radical (unpaired) electrons. The second-order valence-corrected chi connectivity index (χ2v) is 8.30. The van der Waals surface area contributed by atoms with Crippen LogP contribution in [0.3, 0.4) is 0 Å². The van der Waals surface area contributed by atoms with E-state index in [-0.39, 0.29) is 24.0 Å². The summed E-state index contributed by atoms with van der Waals surface area (Å²) in [6.07, 6.45) is 3.27. The minimum atomic E-state index is -1.07. The number of aliphatic hydroxyl groups is 2. The van der Waals surface area contributed by atoms with E-state index in [1.54, 1.807) is 0 Å². The Balaban J connectivity index is 2.97. The maximum atomic E-state index is 12.6. The molecule has 0 aliphatic carbocycles. The van der Waals surface area contributed by atoms with Gasteiger partial charge in [0.05, 0.1) is 4.75 Å². The van der Waals surface area contributed by atoms with Gasteiger partial charge in [0.2, 0.25) is 0 Å². The number of hydrogen-bond donors (Lipinski definition) is 2. The van der Waals surface area contributed by atoms with E-state index in [1.807, 2.05) is 31.2 Å². The fourth-order valence-corrected chi connectivity index (χ4v) is 4.05. The highest BCUT2D eigenvalue weighted by Crippen LogP contribution is 2.35. The van der Waals surface area contributed by atoms with Crippen molar-refractivity contribution in [3.63, 3.8) is 0 Å². The average Bonchev–Trinajstić information content (AvgIpc) is 2.62. The molecule has 2 N–H and O–H groups in total. The van der Waals surface area contributed by atoms with E-state index < -0.39 is 11.0 Å². The molecule has 19 heavy (non-hydrogen) atoms. The highest BCUT2D eigenvalue weighted by atomic mass is 32.2. The summed E-state index contributed by atoms with van der Waals surface area (Å²) in [6, 6.07) is 0.0339. The van der Waals surface area contributed by atoms with Gasteiger partial charge in [-0.05, 0) is 39.5 Å². The van der Waals surface area contributed by atoms with Crippen molar-refractivity contribution in [1.29, 1.82) is 0 Å². The molecule has 4 nitrogen and oxygen atoms in total. The van der Waals surface area contributed by atoms with Crippen LogP contribution in [0.2, 0.25) is 0 Å². The Morgan fingerprint density at radius 2 is 2.00 bits per heavy atom. The normalized spacial score (nSPS) is 29.1. The Hall–Kier alpha value is -0.230. The van der Waals surface area contributed by atoms with Crippen molar-refractivity contribution in [2.24, 2.45) is 5.92 Å². The van der Waals surface area contributed by atoms with Crippen LogP contribution in [-0.2, 0) is 11.0 Å². The highest BCUT2D eigenvalue weighted by molar-refractivity contribution is 7.84. The van der Waals surface area contributed by atoms with Gasteiger partial charge in [0.15, 0.2) is 0 Å². The summed E-state index contributed by atoms with van der Waals surface area (Å²) in [6.45, 7) is 9.01. The summed E-state index contributed by atoms with van der Waals surface area (Å²) < 4.78 is 14.3. The Kier molecular flexibility index (Phi) is 6.17. The molecule has 1 fully saturated rings. The second-order valence-electron chi connectivity index (χ2n) is 6.11. The van der Waals surface area contributed by atoms with Crippen molar-refractivity contribution >= 4 is 11.0 Å². The smallest absolute Gasteiger partial charge is 0.100 e. The molecule has 0 saturated carbocycles. The first-order valence-electron chi connectivity index (χ1n) is 6.93. The second kappa shape index (κ2) is 6.97. The van der Waals surface area contributed by atoms with E-state index in [4.69, 9.17) is 5.11 Å². The molecule has 0 aromatic carbocycles. The molecule has 1 heterocycles. The van der Waals surface area contributed by atoms with Crippen LogP contribution in [0.4, 0.5) is 0 Å². The van der Waals surface area contributed by atoms with Crippen molar-refractivity contribution in [2.45, 2.75) is 51.3 Å². The molecule has 1 rings (SSSR count). The van der Waals surface area contributed by atoms with Crippen LogP contribution in [0.1, 0.15) is 40.5 Å². The van der Waals surface area contributed by atoms with Gasteiger partial charge in [-0.2, -0.15) is 0 Å². The molecule has 0 spiro atoms. The van der Waals surface area contributed by atoms with Crippen molar-refractivity contribution in [3.8, 4) is 0 Å². The van der Waals surface area contributed by atoms with Gasteiger partial charge in [0, 0.05) is 25.8 Å². The quantitative estimate of drug-likeness (QED) is 0.753. The van der Waals surface area contributed by atoms with E-state index in [9.17, 15) is 9.32 Å². The Bertz CT molecular complexity index is 349. The lowest BCUT2D eigenvalue weighted by atomic mass is 9.97. The minimum absolute atomic E-state index is 0.0339. The fourth-order valence-electron chi connectivity index (χ4n) is 2.53. The number of nitrogens with zero attached hydrogens (tertiary/aromatic N) is 1. The maximum Gasteiger partial charge on any atom is 0.100 e. The summed E-state index contributed by atoms with van der Waals surface area (Å²) in [5.74, 6) is 0.328. The molecule has 3 atom stereocenters. The van der Waals surface area contributed by atoms with Crippen molar-refractivity contribution in [1.82, 2.24) is 4.31 Å². The van der Waals surface area contributed by atoms with Gasteiger partial charge in [-0.3, -0.25) is 0 Å². The lowest BCUT2D eigenvalue weighted by Crippen LogP contribution is -2.41. The van der Waals surface area contributed by atoms with Gasteiger partial charge in [-0.1, -0.05) is 18.6 Å². The summed E-state index contributed by atoms with van der Waals surface area (Å²) >= 11 is 0. The molecule has 1 unspecified atom stereocenters. The Morgan fingerprint density at radius 1 is 1.37 bits per heavy atom. The molecule has 0 bridgehead atoms. The van der Waals surface area contributed by atoms with Gasteiger partial charge in [-0.25, -0.2) is 8.51 Å². The van der Waals surface area contributed by atoms with Gasteiger partial charge in [0.25, 0.3) is 0 Å². The third kappa shape index (κ3) is 4.12. The number of aliphatic hydroxyl groups excluding tert-OH is 2. The molecule has 112 valence electrons. The van der Waals surface area contributed by atoms with Crippen LogP contribution in [0, 0.1) is 5.92 Å². The lowest BCUT2D eigenvalue weighted by molar-refractivity contribution is 0.257. The third-order valence-electron chi connectivity index (χ3n) is 3.40. The van der Waals surface area contributed by atoms with E-state index in [1.165, 1.54) is 5.57 Å². The predicted octanol–water partition coefficient (Wildman–Crippen LogP) is 1.46. The monoisotopic (exact) mass is 289 g/mol. The van der Waals surface area contributed by atoms with Gasteiger partial charge >= 0.3 is 0 Å². The molecular formula is C14H27NO3S. The largest absolute Gasteiger partial charge is 0.396 e. The van der Waals surface area contributed by atoms with Crippen molar-refractivity contribution in [2.75, 3.05) is 19.8 Å². The highest BCUT2D eigenvalue weighted by Gasteiger charge is 2.40. The van der Waals surface area contributed by atoms with Crippen LogP contribution in [0.15, 0.2) is 11.6 Å². The summed E-state index contributed by atoms with van der Waals surface area (Å²) in [7, 11) is -1.07. The van der Waals surface area contributed by atoms with Crippen LogP contribution < -0.4 is 0 Å². The van der Waals surface area contributed by atoms with Gasteiger partial charge < -0.3 is 10.2 Å². The first-order chi connectivity index (χ1) is 8.82.